The zero-order valence-electron chi connectivity index (χ0n) is 7.24. The molecular weight excluding hydrogens is 250 g/mol. The minimum absolute atomic E-state index is 0.103. The Morgan fingerprint density at radius 1 is 1.57 bits per heavy atom. The van der Waals surface area contributed by atoms with Gasteiger partial charge in [0.05, 0.1) is 10.6 Å². The number of rotatable bonds is 3. The first-order valence-electron chi connectivity index (χ1n) is 4.22. The van der Waals surface area contributed by atoms with Crippen molar-refractivity contribution in [1.29, 1.82) is 0 Å². The lowest BCUT2D eigenvalue weighted by Crippen LogP contribution is -2.05. The van der Waals surface area contributed by atoms with E-state index in [0.717, 1.165) is 12.8 Å². The second kappa shape index (κ2) is 3.57. The zero-order valence-corrected chi connectivity index (χ0v) is 8.82. The molecule has 0 bridgehead atoms. The van der Waals surface area contributed by atoms with E-state index < -0.39 is 5.97 Å². The van der Waals surface area contributed by atoms with Gasteiger partial charge in [-0.05, 0) is 28.8 Å². The van der Waals surface area contributed by atoms with Gasteiger partial charge in [0.15, 0.2) is 5.75 Å². The van der Waals surface area contributed by atoms with Crippen molar-refractivity contribution >= 4 is 21.9 Å². The highest BCUT2D eigenvalue weighted by atomic mass is 79.9. The van der Waals surface area contributed by atoms with Crippen LogP contribution in [0.4, 0.5) is 0 Å². The number of halogens is 1. The molecule has 0 unspecified atom stereocenters. The minimum Gasteiger partial charge on any atom is -0.488 e. The zero-order chi connectivity index (χ0) is 10.1. The van der Waals surface area contributed by atoms with E-state index in [0.29, 0.717) is 10.2 Å². The number of pyridine rings is 1. The first-order chi connectivity index (χ1) is 6.68. The monoisotopic (exact) mass is 257 g/mol. The van der Waals surface area contributed by atoms with Crippen LogP contribution in [0.3, 0.4) is 0 Å². The van der Waals surface area contributed by atoms with E-state index in [1.54, 1.807) is 0 Å². The molecule has 1 aliphatic carbocycles. The average molecular weight is 258 g/mol. The van der Waals surface area contributed by atoms with Crippen molar-refractivity contribution in [3.05, 3.63) is 22.4 Å². The van der Waals surface area contributed by atoms with Gasteiger partial charge >= 0.3 is 5.97 Å². The molecule has 0 radical (unpaired) electrons. The fourth-order valence-corrected chi connectivity index (χ4v) is 1.47. The summed E-state index contributed by atoms with van der Waals surface area (Å²) in [4.78, 5) is 14.6. The Kier molecular flexibility index (Phi) is 2.41. The van der Waals surface area contributed by atoms with Gasteiger partial charge in [0.2, 0.25) is 0 Å². The van der Waals surface area contributed by atoms with Gasteiger partial charge < -0.3 is 9.84 Å². The molecular formula is C9H8BrNO3. The molecule has 0 saturated heterocycles. The fraction of sp³-hybridized carbons (Fsp3) is 0.333. The largest absolute Gasteiger partial charge is 0.488 e. The number of aromatic carboxylic acids is 1. The smallest absolute Gasteiger partial charge is 0.341 e. The summed E-state index contributed by atoms with van der Waals surface area (Å²) in [5.41, 5.74) is 0.103. The summed E-state index contributed by atoms with van der Waals surface area (Å²) in [5, 5.41) is 8.88. The normalized spacial score (nSPS) is 15.2. The summed E-state index contributed by atoms with van der Waals surface area (Å²) in [7, 11) is 0. The van der Waals surface area contributed by atoms with Gasteiger partial charge in [-0.1, -0.05) is 0 Å². The molecule has 5 heteroatoms. The maximum absolute atomic E-state index is 10.8. The lowest BCUT2D eigenvalue weighted by Gasteiger charge is -2.08. The van der Waals surface area contributed by atoms with Crippen LogP contribution in [0.5, 0.6) is 5.75 Å². The lowest BCUT2D eigenvalue weighted by atomic mass is 10.2. The average Bonchev–Trinajstić information content (AvgIpc) is 2.91. The Balaban J connectivity index is 2.36. The molecule has 74 valence electrons. The molecule has 0 amide bonds. The van der Waals surface area contributed by atoms with Gasteiger partial charge in [-0.2, -0.15) is 0 Å². The standard InChI is InChI=1S/C9H8BrNO3/c10-7-4-11-3-6(9(12)13)8(7)14-5-1-2-5/h3-5H,1-2H2,(H,12,13). The minimum atomic E-state index is -1.02. The maximum Gasteiger partial charge on any atom is 0.341 e. The quantitative estimate of drug-likeness (QED) is 0.901. The molecule has 2 rings (SSSR count). The number of hydrogen-bond donors (Lipinski definition) is 1. The predicted octanol–water partition coefficient (Wildman–Crippen LogP) is 2.08. The first-order valence-corrected chi connectivity index (χ1v) is 5.01. The number of carboxylic acids is 1. The van der Waals surface area contributed by atoms with Gasteiger partial charge in [0.25, 0.3) is 0 Å². The third-order valence-electron chi connectivity index (χ3n) is 1.89. The van der Waals surface area contributed by atoms with Crippen molar-refractivity contribution in [1.82, 2.24) is 4.98 Å². The second-order valence-corrected chi connectivity index (χ2v) is 3.97. The summed E-state index contributed by atoms with van der Waals surface area (Å²) < 4.78 is 6.07. The van der Waals surface area contributed by atoms with Crippen LogP contribution in [0, 0.1) is 0 Å². The van der Waals surface area contributed by atoms with Crippen LogP contribution in [0.2, 0.25) is 0 Å². The number of ether oxygens (including phenoxy) is 1. The Labute approximate surface area is 89.0 Å². The van der Waals surface area contributed by atoms with E-state index in [9.17, 15) is 4.79 Å². The topological polar surface area (TPSA) is 59.4 Å². The van der Waals surface area contributed by atoms with Gasteiger partial charge in [-0.25, -0.2) is 4.79 Å². The summed E-state index contributed by atoms with van der Waals surface area (Å²) >= 11 is 3.22. The maximum atomic E-state index is 10.8. The van der Waals surface area contributed by atoms with E-state index >= 15 is 0 Å². The van der Waals surface area contributed by atoms with E-state index in [4.69, 9.17) is 9.84 Å². The fourth-order valence-electron chi connectivity index (χ4n) is 1.05. The highest BCUT2D eigenvalue weighted by molar-refractivity contribution is 9.10. The number of carbonyl (C=O) groups is 1. The van der Waals surface area contributed by atoms with Crippen LogP contribution < -0.4 is 4.74 Å². The molecule has 4 nitrogen and oxygen atoms in total. The number of nitrogens with zero attached hydrogens (tertiary/aromatic N) is 1. The number of aromatic nitrogens is 1. The molecule has 0 aliphatic heterocycles. The van der Waals surface area contributed by atoms with Crippen molar-refractivity contribution in [2.45, 2.75) is 18.9 Å². The summed E-state index contributed by atoms with van der Waals surface area (Å²) in [6.07, 6.45) is 4.99. The predicted molar refractivity (Wildman–Crippen MR) is 52.5 cm³/mol. The molecule has 1 N–H and O–H groups in total. The molecule has 14 heavy (non-hydrogen) atoms. The van der Waals surface area contributed by atoms with Crippen molar-refractivity contribution in [2.75, 3.05) is 0 Å². The third kappa shape index (κ3) is 1.87. The van der Waals surface area contributed by atoms with Crippen molar-refractivity contribution in [2.24, 2.45) is 0 Å². The first kappa shape index (κ1) is 9.45. The third-order valence-corrected chi connectivity index (χ3v) is 2.46. The van der Waals surface area contributed by atoms with E-state index in [2.05, 4.69) is 20.9 Å². The Bertz CT molecular complexity index is 376. The van der Waals surface area contributed by atoms with Gasteiger partial charge in [-0.15, -0.1) is 0 Å². The Hall–Kier alpha value is -1.10. The van der Waals surface area contributed by atoms with E-state index in [1.807, 2.05) is 0 Å². The molecule has 1 aliphatic rings. The summed E-state index contributed by atoms with van der Waals surface area (Å²) in [5.74, 6) is -0.635. The Morgan fingerprint density at radius 3 is 2.86 bits per heavy atom. The van der Waals surface area contributed by atoms with Gasteiger partial charge in [-0.3, -0.25) is 4.98 Å². The molecule has 1 fully saturated rings. The van der Waals surface area contributed by atoms with Crippen LogP contribution in [-0.4, -0.2) is 22.2 Å². The number of hydrogen-bond acceptors (Lipinski definition) is 3. The molecule has 0 spiro atoms. The highest BCUT2D eigenvalue weighted by Crippen LogP contribution is 2.34. The van der Waals surface area contributed by atoms with Crippen LogP contribution in [0.15, 0.2) is 16.9 Å². The van der Waals surface area contributed by atoms with Crippen molar-refractivity contribution in [3.63, 3.8) is 0 Å². The summed E-state index contributed by atoms with van der Waals surface area (Å²) in [6.45, 7) is 0. The molecule has 0 atom stereocenters. The van der Waals surface area contributed by atoms with Gasteiger partial charge in [0, 0.05) is 12.4 Å². The van der Waals surface area contributed by atoms with E-state index in [1.165, 1.54) is 12.4 Å². The molecule has 1 aromatic rings. The summed E-state index contributed by atoms with van der Waals surface area (Å²) in [6, 6.07) is 0. The van der Waals surface area contributed by atoms with Crippen LogP contribution in [-0.2, 0) is 0 Å². The SMILES string of the molecule is O=C(O)c1cncc(Br)c1OC1CC1. The van der Waals surface area contributed by atoms with Crippen LogP contribution >= 0.6 is 15.9 Å². The van der Waals surface area contributed by atoms with Crippen molar-refractivity contribution < 1.29 is 14.6 Å². The van der Waals surface area contributed by atoms with Crippen LogP contribution in [0.25, 0.3) is 0 Å². The molecule has 1 aromatic heterocycles. The lowest BCUT2D eigenvalue weighted by molar-refractivity contribution is 0.0691. The molecule has 1 saturated carbocycles. The Morgan fingerprint density at radius 2 is 2.29 bits per heavy atom. The van der Waals surface area contributed by atoms with Crippen molar-refractivity contribution in [3.8, 4) is 5.75 Å². The molecule has 1 heterocycles. The van der Waals surface area contributed by atoms with E-state index in [-0.39, 0.29) is 11.7 Å². The van der Waals surface area contributed by atoms with Crippen LogP contribution in [0.1, 0.15) is 23.2 Å². The second-order valence-electron chi connectivity index (χ2n) is 3.12. The van der Waals surface area contributed by atoms with Gasteiger partial charge in [0.1, 0.15) is 5.56 Å². The highest BCUT2D eigenvalue weighted by Gasteiger charge is 2.27. The molecule has 0 aromatic carbocycles. The number of carboxylic acid groups (broad SMARTS) is 1.